The molecule has 0 atom stereocenters. The van der Waals surface area contributed by atoms with Crippen LogP contribution in [-0.2, 0) is 0 Å². The SMILES string of the molecule is C=C(CCCCCC)[P+](c1ccccc1)(c1ccccc1)c1ccccc1.F[P-](F)(F)(F)(F)F. The third-order valence-corrected chi connectivity index (χ3v) is 9.61. The Morgan fingerprint density at radius 1 is 0.618 bits per heavy atom. The van der Waals surface area contributed by atoms with Gasteiger partial charge in [-0.05, 0) is 42.8 Å². The first-order valence-corrected chi connectivity index (χ1v) is 14.9. The summed E-state index contributed by atoms with van der Waals surface area (Å²) in [5.74, 6) is 0. The molecule has 0 spiro atoms. The molecule has 0 saturated carbocycles. The van der Waals surface area contributed by atoms with Crippen LogP contribution in [0.2, 0.25) is 0 Å². The third-order valence-electron chi connectivity index (χ3n) is 5.22. The zero-order valence-electron chi connectivity index (χ0n) is 19.1. The van der Waals surface area contributed by atoms with Gasteiger partial charge in [-0.15, -0.1) is 0 Å². The Hall–Kier alpha value is -2.16. The second-order valence-corrected chi connectivity index (χ2v) is 13.5. The molecule has 0 aliphatic carbocycles. The number of unbranched alkanes of at least 4 members (excludes halogenated alkanes) is 3. The van der Waals surface area contributed by atoms with E-state index < -0.39 is 15.1 Å². The minimum atomic E-state index is -10.7. The molecule has 3 aromatic rings. The number of hydrogen-bond donors (Lipinski definition) is 0. The van der Waals surface area contributed by atoms with Crippen molar-refractivity contribution in [2.24, 2.45) is 0 Å². The van der Waals surface area contributed by atoms with E-state index in [-0.39, 0.29) is 0 Å². The first kappa shape index (κ1) is 28.1. The molecular formula is C26H30F6P2. The quantitative estimate of drug-likeness (QED) is 0.150. The Balaban J connectivity index is 0.000000509. The summed E-state index contributed by atoms with van der Waals surface area (Å²) < 4.78 is 59.2. The predicted octanol–water partition coefficient (Wildman–Crippen LogP) is 9.85. The van der Waals surface area contributed by atoms with Gasteiger partial charge in [-0.25, -0.2) is 0 Å². The summed E-state index contributed by atoms with van der Waals surface area (Å²) in [5.41, 5.74) is 0. The van der Waals surface area contributed by atoms with Gasteiger partial charge in [0.2, 0.25) is 0 Å². The monoisotopic (exact) mass is 518 g/mol. The second kappa shape index (κ2) is 10.6. The first-order valence-electron chi connectivity index (χ1n) is 11.1. The molecule has 0 N–H and O–H groups in total. The fourth-order valence-electron chi connectivity index (χ4n) is 3.87. The normalized spacial score (nSPS) is 13.7. The van der Waals surface area contributed by atoms with Gasteiger partial charge in [0.1, 0.15) is 23.2 Å². The fraction of sp³-hybridized carbons (Fsp3) is 0.231. The Kier molecular flexibility index (Phi) is 8.77. The summed E-state index contributed by atoms with van der Waals surface area (Å²) in [7, 11) is -12.5. The molecule has 0 aliphatic heterocycles. The molecule has 0 saturated heterocycles. The summed E-state index contributed by atoms with van der Waals surface area (Å²) in [6.07, 6.45) is 6.17. The molecule has 0 aromatic heterocycles. The Morgan fingerprint density at radius 2 is 0.941 bits per heavy atom. The average molecular weight is 518 g/mol. The van der Waals surface area contributed by atoms with Crippen molar-refractivity contribution in [1.82, 2.24) is 0 Å². The van der Waals surface area contributed by atoms with Gasteiger partial charge in [0, 0.05) is 6.42 Å². The van der Waals surface area contributed by atoms with Crippen molar-refractivity contribution in [2.45, 2.75) is 39.0 Å². The predicted molar refractivity (Wildman–Crippen MR) is 137 cm³/mol. The van der Waals surface area contributed by atoms with Gasteiger partial charge in [0.25, 0.3) is 0 Å². The van der Waals surface area contributed by atoms with Crippen molar-refractivity contribution in [2.75, 3.05) is 0 Å². The molecule has 0 bridgehead atoms. The van der Waals surface area contributed by atoms with E-state index in [1.165, 1.54) is 46.9 Å². The van der Waals surface area contributed by atoms with Crippen LogP contribution in [0.25, 0.3) is 0 Å². The molecule has 0 nitrogen and oxygen atoms in total. The number of halogens is 6. The van der Waals surface area contributed by atoms with E-state index >= 15 is 0 Å². The first-order chi connectivity index (χ1) is 15.7. The van der Waals surface area contributed by atoms with Crippen molar-refractivity contribution < 1.29 is 25.2 Å². The van der Waals surface area contributed by atoms with E-state index in [0.29, 0.717) is 0 Å². The van der Waals surface area contributed by atoms with E-state index in [0.717, 1.165) is 6.42 Å². The van der Waals surface area contributed by atoms with Crippen LogP contribution in [0, 0.1) is 0 Å². The Labute approximate surface area is 198 Å². The maximum absolute atomic E-state index is 10.7. The minimum absolute atomic E-state index is 1.09. The summed E-state index contributed by atoms with van der Waals surface area (Å²) in [4.78, 5) is 0. The van der Waals surface area contributed by atoms with Gasteiger partial charge < -0.3 is 0 Å². The Bertz CT molecular complexity index is 927. The van der Waals surface area contributed by atoms with E-state index in [1.54, 1.807) is 0 Å². The maximum atomic E-state index is 9.87. The van der Waals surface area contributed by atoms with Gasteiger partial charge in [-0.2, -0.15) is 0 Å². The van der Waals surface area contributed by atoms with E-state index in [4.69, 9.17) is 6.58 Å². The molecule has 186 valence electrons. The topological polar surface area (TPSA) is 0 Å². The second-order valence-electron chi connectivity index (χ2n) is 8.01. The molecular weight excluding hydrogens is 488 g/mol. The van der Waals surface area contributed by atoms with Crippen LogP contribution in [-0.4, -0.2) is 0 Å². The van der Waals surface area contributed by atoms with Gasteiger partial charge >= 0.3 is 33.0 Å². The number of hydrogen-bond acceptors (Lipinski definition) is 0. The van der Waals surface area contributed by atoms with E-state index in [1.807, 2.05) is 0 Å². The van der Waals surface area contributed by atoms with Crippen LogP contribution in [0.1, 0.15) is 39.0 Å². The van der Waals surface area contributed by atoms with E-state index in [2.05, 4.69) is 97.9 Å². The molecule has 0 radical (unpaired) electrons. The number of rotatable bonds is 9. The van der Waals surface area contributed by atoms with Crippen molar-refractivity contribution in [3.8, 4) is 0 Å². The van der Waals surface area contributed by atoms with Crippen LogP contribution < -0.4 is 15.9 Å². The fourth-order valence-corrected chi connectivity index (χ4v) is 8.21. The molecule has 34 heavy (non-hydrogen) atoms. The van der Waals surface area contributed by atoms with Crippen LogP contribution in [0.5, 0.6) is 0 Å². The van der Waals surface area contributed by atoms with Gasteiger partial charge in [0.15, 0.2) is 0 Å². The van der Waals surface area contributed by atoms with Crippen molar-refractivity contribution in [3.05, 3.63) is 103 Å². The molecule has 0 heterocycles. The third kappa shape index (κ3) is 9.24. The standard InChI is InChI=1S/C26H30P.F6P/c1-3-4-5-9-16-23(2)27(24-17-10-6-11-18-24,25-19-12-7-13-20-25)26-21-14-8-15-22-26;1-7(2,3,4,5)6/h6-8,10-15,17-22H,2-5,9,16H2,1H3;/q+1;-1. The summed E-state index contributed by atoms with van der Waals surface area (Å²) in [6, 6.07) is 33.1. The summed E-state index contributed by atoms with van der Waals surface area (Å²) in [6.45, 7) is 6.97. The van der Waals surface area contributed by atoms with Crippen LogP contribution in [0.4, 0.5) is 25.2 Å². The summed E-state index contributed by atoms with van der Waals surface area (Å²) >= 11 is 0. The average Bonchev–Trinajstić information content (AvgIpc) is 2.77. The van der Waals surface area contributed by atoms with Gasteiger partial charge in [0.05, 0.1) is 5.31 Å². The number of allylic oxidation sites excluding steroid dienone is 1. The molecule has 3 rings (SSSR count). The van der Waals surface area contributed by atoms with Crippen molar-refractivity contribution in [1.29, 1.82) is 0 Å². The van der Waals surface area contributed by atoms with Crippen LogP contribution in [0.15, 0.2) is 103 Å². The van der Waals surface area contributed by atoms with Crippen LogP contribution in [0.3, 0.4) is 0 Å². The molecule has 0 fully saturated rings. The zero-order valence-corrected chi connectivity index (χ0v) is 20.9. The number of benzene rings is 3. The Morgan fingerprint density at radius 3 is 1.24 bits per heavy atom. The molecule has 0 unspecified atom stereocenters. The molecule has 3 aromatic carbocycles. The van der Waals surface area contributed by atoms with Crippen LogP contribution >= 0.6 is 15.1 Å². The van der Waals surface area contributed by atoms with Gasteiger partial charge in [-0.3, -0.25) is 0 Å². The summed E-state index contributed by atoms with van der Waals surface area (Å²) in [5, 5.41) is 5.61. The van der Waals surface area contributed by atoms with Crippen molar-refractivity contribution in [3.63, 3.8) is 0 Å². The molecule has 8 heteroatoms. The van der Waals surface area contributed by atoms with E-state index in [9.17, 15) is 25.2 Å². The molecule has 0 aliphatic rings. The zero-order chi connectivity index (χ0) is 25.4. The van der Waals surface area contributed by atoms with Gasteiger partial charge in [-0.1, -0.05) is 87.4 Å². The van der Waals surface area contributed by atoms with Crippen molar-refractivity contribution >= 4 is 31.0 Å². The molecule has 0 amide bonds.